The summed E-state index contributed by atoms with van der Waals surface area (Å²) in [5, 5.41) is 6.57. The maximum Gasteiger partial charge on any atom is 0.257 e. The number of carbonyl (C=O) groups is 1. The van der Waals surface area contributed by atoms with Crippen LogP contribution in [0.5, 0.6) is 0 Å². The molecule has 0 bridgehead atoms. The smallest absolute Gasteiger partial charge is 0.257 e. The van der Waals surface area contributed by atoms with E-state index in [0.29, 0.717) is 17.2 Å². The Morgan fingerprint density at radius 1 is 1.04 bits per heavy atom. The van der Waals surface area contributed by atoms with E-state index in [1.54, 1.807) is 13.0 Å². The zero-order valence-corrected chi connectivity index (χ0v) is 12.7. The standard InChI is InChI=1S/C19H16N2O2/c1-14-12-18(21-23-14)20-19(22)17(16-10-6-3-7-11-16)13-15-8-4-2-5-9-15/h2-13H,1H3,(H,20,21,22)/b17-13+. The van der Waals surface area contributed by atoms with Crippen molar-refractivity contribution in [3.63, 3.8) is 0 Å². The van der Waals surface area contributed by atoms with E-state index in [1.165, 1.54) is 0 Å². The van der Waals surface area contributed by atoms with E-state index < -0.39 is 0 Å². The number of hydrogen-bond donors (Lipinski definition) is 1. The largest absolute Gasteiger partial charge is 0.360 e. The maximum atomic E-state index is 12.7. The van der Waals surface area contributed by atoms with Crippen LogP contribution >= 0.6 is 0 Å². The molecule has 0 radical (unpaired) electrons. The molecule has 0 spiro atoms. The van der Waals surface area contributed by atoms with Gasteiger partial charge in [0.2, 0.25) is 0 Å². The van der Waals surface area contributed by atoms with Crippen LogP contribution < -0.4 is 5.32 Å². The summed E-state index contributed by atoms with van der Waals surface area (Å²) in [4.78, 5) is 12.7. The minimum Gasteiger partial charge on any atom is -0.360 e. The minimum absolute atomic E-state index is 0.228. The quantitative estimate of drug-likeness (QED) is 0.581. The Morgan fingerprint density at radius 3 is 2.30 bits per heavy atom. The first-order valence-electron chi connectivity index (χ1n) is 7.29. The molecular weight excluding hydrogens is 288 g/mol. The number of nitrogens with one attached hydrogen (secondary N) is 1. The van der Waals surface area contributed by atoms with Gasteiger partial charge in [-0.3, -0.25) is 4.79 Å². The van der Waals surface area contributed by atoms with Crippen LogP contribution in [0.3, 0.4) is 0 Å². The van der Waals surface area contributed by atoms with Gasteiger partial charge in [0.15, 0.2) is 5.82 Å². The first-order chi connectivity index (χ1) is 11.2. The van der Waals surface area contributed by atoms with Crippen LogP contribution in [-0.4, -0.2) is 11.1 Å². The fourth-order valence-corrected chi connectivity index (χ4v) is 2.22. The fraction of sp³-hybridized carbons (Fsp3) is 0.0526. The summed E-state index contributed by atoms with van der Waals surface area (Å²) in [5.41, 5.74) is 2.37. The van der Waals surface area contributed by atoms with Crippen molar-refractivity contribution in [3.8, 4) is 0 Å². The van der Waals surface area contributed by atoms with Gasteiger partial charge in [0.05, 0.1) is 0 Å². The molecular formula is C19H16N2O2. The molecule has 0 saturated heterocycles. The zero-order valence-electron chi connectivity index (χ0n) is 12.7. The number of nitrogens with zero attached hydrogens (tertiary/aromatic N) is 1. The average molecular weight is 304 g/mol. The summed E-state index contributed by atoms with van der Waals surface area (Å²) in [6, 6.07) is 20.9. The third-order valence-corrected chi connectivity index (χ3v) is 3.31. The predicted octanol–water partition coefficient (Wildman–Crippen LogP) is 4.16. The molecule has 0 aliphatic carbocycles. The highest BCUT2D eigenvalue weighted by atomic mass is 16.5. The fourth-order valence-electron chi connectivity index (χ4n) is 2.22. The highest BCUT2D eigenvalue weighted by molar-refractivity contribution is 6.29. The van der Waals surface area contributed by atoms with E-state index in [1.807, 2.05) is 66.7 Å². The molecule has 2 aromatic carbocycles. The van der Waals surface area contributed by atoms with Crippen LogP contribution in [0.25, 0.3) is 11.6 Å². The van der Waals surface area contributed by atoms with E-state index in [-0.39, 0.29) is 5.91 Å². The van der Waals surface area contributed by atoms with E-state index in [4.69, 9.17) is 4.52 Å². The molecule has 1 amide bonds. The maximum absolute atomic E-state index is 12.7. The van der Waals surface area contributed by atoms with Gasteiger partial charge >= 0.3 is 0 Å². The first-order valence-corrected chi connectivity index (χ1v) is 7.29. The molecule has 3 rings (SSSR count). The summed E-state index contributed by atoms with van der Waals surface area (Å²) in [6.07, 6.45) is 1.86. The Balaban J connectivity index is 1.95. The molecule has 0 saturated carbocycles. The van der Waals surface area contributed by atoms with Crippen molar-refractivity contribution in [3.05, 3.63) is 83.6 Å². The topological polar surface area (TPSA) is 55.1 Å². The lowest BCUT2D eigenvalue weighted by molar-refractivity contribution is -0.111. The van der Waals surface area contributed by atoms with Crippen molar-refractivity contribution in [2.24, 2.45) is 0 Å². The molecule has 4 heteroatoms. The predicted molar refractivity (Wildman–Crippen MR) is 90.6 cm³/mol. The van der Waals surface area contributed by atoms with Gasteiger partial charge in [0.1, 0.15) is 5.76 Å². The van der Waals surface area contributed by atoms with Crippen molar-refractivity contribution in [2.75, 3.05) is 5.32 Å². The Kier molecular flexibility index (Phi) is 4.34. The number of benzene rings is 2. The van der Waals surface area contributed by atoms with Crippen molar-refractivity contribution >= 4 is 23.4 Å². The SMILES string of the molecule is Cc1cc(NC(=O)/C(=C/c2ccccc2)c2ccccc2)no1. The number of carbonyl (C=O) groups excluding carboxylic acids is 1. The molecule has 0 aliphatic rings. The molecule has 0 aliphatic heterocycles. The average Bonchev–Trinajstić information content (AvgIpc) is 2.99. The van der Waals surface area contributed by atoms with Crippen LogP contribution in [0.15, 0.2) is 71.3 Å². The number of anilines is 1. The number of aryl methyl sites for hydroxylation is 1. The summed E-state index contributed by atoms with van der Waals surface area (Å²) < 4.78 is 4.98. The van der Waals surface area contributed by atoms with Crippen molar-refractivity contribution in [1.82, 2.24) is 5.16 Å². The molecule has 0 unspecified atom stereocenters. The normalized spacial score (nSPS) is 11.3. The van der Waals surface area contributed by atoms with Crippen LogP contribution in [-0.2, 0) is 4.79 Å². The van der Waals surface area contributed by atoms with Gasteiger partial charge in [-0.15, -0.1) is 0 Å². The lowest BCUT2D eigenvalue weighted by Crippen LogP contribution is -2.13. The first kappa shape index (κ1) is 14.8. The van der Waals surface area contributed by atoms with E-state index in [9.17, 15) is 4.79 Å². The van der Waals surface area contributed by atoms with E-state index >= 15 is 0 Å². The highest BCUT2D eigenvalue weighted by Gasteiger charge is 2.14. The zero-order chi connectivity index (χ0) is 16.1. The second-order valence-corrected chi connectivity index (χ2v) is 5.11. The summed E-state index contributed by atoms with van der Waals surface area (Å²) >= 11 is 0. The molecule has 0 atom stereocenters. The van der Waals surface area contributed by atoms with Crippen molar-refractivity contribution < 1.29 is 9.32 Å². The molecule has 23 heavy (non-hydrogen) atoms. The minimum atomic E-state index is -0.228. The number of amides is 1. The number of aromatic nitrogens is 1. The van der Waals surface area contributed by atoms with E-state index in [2.05, 4.69) is 10.5 Å². The highest BCUT2D eigenvalue weighted by Crippen LogP contribution is 2.20. The Bertz CT molecular complexity index is 821. The second kappa shape index (κ2) is 6.75. The number of hydrogen-bond acceptors (Lipinski definition) is 3. The lowest BCUT2D eigenvalue weighted by atomic mass is 10.0. The Labute approximate surface area is 134 Å². The monoisotopic (exact) mass is 304 g/mol. The van der Waals surface area contributed by atoms with Crippen molar-refractivity contribution in [1.29, 1.82) is 0 Å². The van der Waals surface area contributed by atoms with Gasteiger partial charge in [-0.1, -0.05) is 65.8 Å². The van der Waals surface area contributed by atoms with Gasteiger partial charge in [-0.2, -0.15) is 0 Å². The van der Waals surface area contributed by atoms with Crippen LogP contribution in [0.4, 0.5) is 5.82 Å². The van der Waals surface area contributed by atoms with Gasteiger partial charge < -0.3 is 9.84 Å². The van der Waals surface area contributed by atoms with Gasteiger partial charge in [-0.05, 0) is 24.1 Å². The third kappa shape index (κ3) is 3.74. The van der Waals surface area contributed by atoms with Crippen LogP contribution in [0, 0.1) is 6.92 Å². The van der Waals surface area contributed by atoms with Gasteiger partial charge in [0.25, 0.3) is 5.91 Å². The van der Waals surface area contributed by atoms with Crippen LogP contribution in [0.2, 0.25) is 0 Å². The molecule has 0 fully saturated rings. The Morgan fingerprint density at radius 2 is 1.70 bits per heavy atom. The van der Waals surface area contributed by atoms with Gasteiger partial charge in [-0.25, -0.2) is 0 Å². The lowest BCUT2D eigenvalue weighted by Gasteiger charge is -2.08. The third-order valence-electron chi connectivity index (χ3n) is 3.31. The molecule has 1 aromatic heterocycles. The Hall–Kier alpha value is -3.14. The molecule has 4 nitrogen and oxygen atoms in total. The summed E-state index contributed by atoms with van der Waals surface area (Å²) in [5.74, 6) is 0.823. The van der Waals surface area contributed by atoms with Crippen molar-refractivity contribution in [2.45, 2.75) is 6.92 Å². The molecule has 3 aromatic rings. The summed E-state index contributed by atoms with van der Waals surface area (Å²) in [7, 11) is 0. The van der Waals surface area contributed by atoms with Crippen LogP contribution in [0.1, 0.15) is 16.9 Å². The van der Waals surface area contributed by atoms with Gasteiger partial charge in [0, 0.05) is 11.6 Å². The summed E-state index contributed by atoms with van der Waals surface area (Å²) in [6.45, 7) is 1.78. The molecule has 114 valence electrons. The molecule has 1 heterocycles. The second-order valence-electron chi connectivity index (χ2n) is 5.11. The van der Waals surface area contributed by atoms with E-state index in [0.717, 1.165) is 11.1 Å². The molecule has 1 N–H and O–H groups in total. The number of rotatable bonds is 4.